The number of hydrogen-bond acceptors (Lipinski definition) is 5. The third-order valence-electron chi connectivity index (χ3n) is 1.78. The topological polar surface area (TPSA) is 70.4 Å². The minimum absolute atomic E-state index is 0.235. The van der Waals surface area contributed by atoms with Crippen molar-refractivity contribution in [1.29, 1.82) is 0 Å². The molecule has 7 heteroatoms. The highest BCUT2D eigenvalue weighted by Crippen LogP contribution is 2.17. The van der Waals surface area contributed by atoms with Crippen LogP contribution in [0, 0.1) is 0 Å². The third kappa shape index (κ3) is 2.05. The van der Waals surface area contributed by atoms with Crippen molar-refractivity contribution in [1.82, 2.24) is 9.78 Å². The lowest BCUT2D eigenvalue weighted by Crippen LogP contribution is -2.34. The van der Waals surface area contributed by atoms with E-state index >= 15 is 0 Å². The Kier molecular flexibility index (Phi) is 2.20. The second-order valence-corrected chi connectivity index (χ2v) is 4.69. The summed E-state index contributed by atoms with van der Waals surface area (Å²) >= 11 is 0. The molecule has 1 aliphatic heterocycles. The van der Waals surface area contributed by atoms with Crippen LogP contribution >= 0.6 is 0 Å². The van der Waals surface area contributed by atoms with E-state index in [0.29, 0.717) is 12.4 Å². The van der Waals surface area contributed by atoms with Crippen LogP contribution < -0.4 is 4.74 Å². The number of nitrogens with zero attached hydrogens (tertiary/aromatic N) is 2. The van der Waals surface area contributed by atoms with E-state index in [0.717, 1.165) is 6.26 Å². The van der Waals surface area contributed by atoms with E-state index in [4.69, 9.17) is 8.92 Å². The van der Waals surface area contributed by atoms with Crippen molar-refractivity contribution >= 4 is 10.1 Å². The highest BCUT2D eigenvalue weighted by atomic mass is 32.2. The molecule has 1 atom stereocenters. The van der Waals surface area contributed by atoms with E-state index < -0.39 is 16.2 Å². The lowest BCUT2D eigenvalue weighted by molar-refractivity contribution is 0.0797. The van der Waals surface area contributed by atoms with Gasteiger partial charge in [0.25, 0.3) is 10.1 Å². The van der Waals surface area contributed by atoms with Gasteiger partial charge in [-0.05, 0) is 0 Å². The molecule has 0 saturated carbocycles. The summed E-state index contributed by atoms with van der Waals surface area (Å²) in [5.74, 6) is 0.637. The van der Waals surface area contributed by atoms with Crippen molar-refractivity contribution in [3.05, 3.63) is 12.3 Å². The third-order valence-corrected chi connectivity index (χ3v) is 2.40. The molecule has 0 bridgehead atoms. The summed E-state index contributed by atoms with van der Waals surface area (Å²) in [6.07, 6.45) is 2.13. The summed E-state index contributed by atoms with van der Waals surface area (Å²) in [5, 5.41) is 3.95. The Labute approximate surface area is 81.6 Å². The maximum Gasteiger partial charge on any atom is 0.264 e. The van der Waals surface area contributed by atoms with Crippen LogP contribution in [0.3, 0.4) is 0 Å². The highest BCUT2D eigenvalue weighted by Gasteiger charge is 2.23. The zero-order valence-corrected chi connectivity index (χ0v) is 8.40. The minimum atomic E-state index is -3.43. The van der Waals surface area contributed by atoms with Crippen LogP contribution in [0.4, 0.5) is 0 Å². The quantitative estimate of drug-likeness (QED) is 0.633. The number of fused-ring (bicyclic) bond motifs is 1. The smallest absolute Gasteiger partial charge is 0.264 e. The van der Waals surface area contributed by atoms with E-state index in [1.807, 2.05) is 0 Å². The first-order chi connectivity index (χ1) is 6.54. The lowest BCUT2D eigenvalue weighted by atomic mass is 10.3. The molecule has 0 aromatic carbocycles. The molecule has 14 heavy (non-hydrogen) atoms. The van der Waals surface area contributed by atoms with E-state index in [1.165, 1.54) is 0 Å². The van der Waals surface area contributed by atoms with Gasteiger partial charge >= 0.3 is 0 Å². The van der Waals surface area contributed by atoms with Crippen LogP contribution in [0.2, 0.25) is 0 Å². The first-order valence-corrected chi connectivity index (χ1v) is 5.89. The van der Waals surface area contributed by atoms with Gasteiger partial charge in [-0.25, -0.2) is 4.68 Å². The van der Waals surface area contributed by atoms with Crippen LogP contribution in [0.1, 0.15) is 0 Å². The summed E-state index contributed by atoms with van der Waals surface area (Å²) in [5.41, 5.74) is 0. The Morgan fingerprint density at radius 3 is 3.21 bits per heavy atom. The Bertz CT molecular complexity index is 425. The average Bonchev–Trinajstić information content (AvgIpc) is 2.47. The molecular weight excluding hydrogens is 208 g/mol. The summed E-state index contributed by atoms with van der Waals surface area (Å²) in [6, 6.07) is 1.72. The van der Waals surface area contributed by atoms with Crippen molar-refractivity contribution in [2.45, 2.75) is 12.6 Å². The SMILES string of the molecule is CS(=O)(=O)OC1COc2ccnn2C1. The Hall–Kier alpha value is -1.08. The molecule has 1 aromatic heterocycles. The Morgan fingerprint density at radius 1 is 1.71 bits per heavy atom. The van der Waals surface area contributed by atoms with Gasteiger partial charge in [0.1, 0.15) is 12.7 Å². The van der Waals surface area contributed by atoms with Gasteiger partial charge in [0, 0.05) is 6.07 Å². The van der Waals surface area contributed by atoms with E-state index in [9.17, 15) is 8.42 Å². The highest BCUT2D eigenvalue weighted by molar-refractivity contribution is 7.86. The van der Waals surface area contributed by atoms with Gasteiger partial charge in [0.15, 0.2) is 0 Å². The van der Waals surface area contributed by atoms with Crippen molar-refractivity contribution in [3.8, 4) is 5.88 Å². The van der Waals surface area contributed by atoms with Crippen LogP contribution in [-0.4, -0.2) is 37.2 Å². The van der Waals surface area contributed by atoms with Gasteiger partial charge in [0.2, 0.25) is 5.88 Å². The fraction of sp³-hybridized carbons (Fsp3) is 0.571. The normalized spacial score (nSPS) is 21.4. The first-order valence-electron chi connectivity index (χ1n) is 4.07. The van der Waals surface area contributed by atoms with Crippen LogP contribution in [0.5, 0.6) is 5.88 Å². The van der Waals surface area contributed by atoms with Crippen LogP contribution in [0.15, 0.2) is 12.3 Å². The predicted octanol–water partition coefficient (Wildman–Crippen LogP) is -0.380. The zero-order valence-electron chi connectivity index (χ0n) is 7.58. The number of aromatic nitrogens is 2. The summed E-state index contributed by atoms with van der Waals surface area (Å²) in [6.45, 7) is 0.633. The van der Waals surface area contributed by atoms with Crippen LogP contribution in [0.25, 0.3) is 0 Å². The molecule has 0 amide bonds. The number of rotatable bonds is 2. The lowest BCUT2D eigenvalue weighted by Gasteiger charge is -2.22. The molecule has 1 aromatic rings. The monoisotopic (exact) mass is 218 g/mol. The molecule has 78 valence electrons. The molecule has 0 radical (unpaired) electrons. The fourth-order valence-electron chi connectivity index (χ4n) is 1.31. The second kappa shape index (κ2) is 3.25. The first kappa shape index (κ1) is 9.47. The molecule has 2 rings (SSSR count). The largest absolute Gasteiger partial charge is 0.475 e. The standard InChI is InChI=1S/C7H10N2O4S/c1-14(10,11)13-6-4-9-7(12-5-6)2-3-8-9/h2-3,6H,4-5H2,1H3. The molecule has 0 saturated heterocycles. The Balaban J connectivity index is 2.08. The van der Waals surface area contributed by atoms with Crippen molar-refractivity contribution in [3.63, 3.8) is 0 Å². The van der Waals surface area contributed by atoms with Gasteiger partial charge in [-0.2, -0.15) is 13.5 Å². The molecule has 6 nitrogen and oxygen atoms in total. The molecule has 0 N–H and O–H groups in total. The van der Waals surface area contributed by atoms with Crippen molar-refractivity contribution in [2.75, 3.05) is 12.9 Å². The number of hydrogen-bond donors (Lipinski definition) is 0. The van der Waals surface area contributed by atoms with E-state index in [1.54, 1.807) is 16.9 Å². The zero-order chi connectivity index (χ0) is 10.2. The van der Waals surface area contributed by atoms with Crippen LogP contribution in [-0.2, 0) is 20.8 Å². The summed E-state index contributed by atoms with van der Waals surface area (Å²) in [4.78, 5) is 0. The summed E-state index contributed by atoms with van der Waals surface area (Å²) in [7, 11) is -3.43. The molecule has 1 aliphatic rings. The van der Waals surface area contributed by atoms with Gasteiger partial charge in [-0.3, -0.25) is 4.18 Å². The molecule has 1 unspecified atom stereocenters. The van der Waals surface area contributed by atoms with E-state index in [-0.39, 0.29) is 6.61 Å². The van der Waals surface area contributed by atoms with E-state index in [2.05, 4.69) is 5.10 Å². The summed E-state index contributed by atoms with van der Waals surface area (Å²) < 4.78 is 33.3. The Morgan fingerprint density at radius 2 is 2.50 bits per heavy atom. The maximum atomic E-state index is 10.8. The maximum absolute atomic E-state index is 10.8. The van der Waals surface area contributed by atoms with Gasteiger partial charge < -0.3 is 4.74 Å². The van der Waals surface area contributed by atoms with Gasteiger partial charge in [-0.1, -0.05) is 0 Å². The molecule has 0 fully saturated rings. The van der Waals surface area contributed by atoms with Gasteiger partial charge in [0.05, 0.1) is 19.0 Å². The molecule has 2 heterocycles. The van der Waals surface area contributed by atoms with Gasteiger partial charge in [-0.15, -0.1) is 0 Å². The average molecular weight is 218 g/mol. The van der Waals surface area contributed by atoms with Crippen molar-refractivity contribution in [2.24, 2.45) is 0 Å². The molecule has 0 aliphatic carbocycles. The molecular formula is C7H10N2O4S. The fourth-order valence-corrected chi connectivity index (χ4v) is 1.92. The number of ether oxygens (including phenoxy) is 1. The van der Waals surface area contributed by atoms with Crippen molar-refractivity contribution < 1.29 is 17.3 Å². The minimum Gasteiger partial charge on any atom is -0.475 e. The molecule has 0 spiro atoms. The second-order valence-electron chi connectivity index (χ2n) is 3.08. The predicted molar refractivity (Wildman–Crippen MR) is 47.4 cm³/mol.